The number of hydrogen-bond donors (Lipinski definition) is 0. The van der Waals surface area contributed by atoms with E-state index in [1.165, 1.54) is 21.7 Å². The standard InChI is InChI=1S/C25H27NO3S/c1-27-20-8-6-7-19(16-20)24-13-14-26(21-9-4-5-10-25(21)30-24)17-18-11-12-22(28-2)23(15-18)29-3/h4-12,15-16,24H,13-14,17H2,1-3H3. The highest BCUT2D eigenvalue weighted by molar-refractivity contribution is 7.99. The molecule has 1 aliphatic rings. The maximum Gasteiger partial charge on any atom is 0.161 e. The van der Waals surface area contributed by atoms with Gasteiger partial charge in [-0.05, 0) is 53.9 Å². The topological polar surface area (TPSA) is 30.9 Å². The second kappa shape index (κ2) is 9.35. The van der Waals surface area contributed by atoms with Gasteiger partial charge < -0.3 is 19.1 Å². The van der Waals surface area contributed by atoms with Crippen molar-refractivity contribution in [3.05, 3.63) is 77.9 Å². The SMILES string of the molecule is COc1cccc(C2CCN(Cc3ccc(OC)c(OC)c3)c3ccccc3S2)c1. The lowest BCUT2D eigenvalue weighted by Gasteiger charge is -2.25. The lowest BCUT2D eigenvalue weighted by molar-refractivity contribution is 0.354. The van der Waals surface area contributed by atoms with Crippen LogP contribution in [0.15, 0.2) is 71.6 Å². The summed E-state index contributed by atoms with van der Waals surface area (Å²) in [5, 5.41) is 0.386. The van der Waals surface area contributed by atoms with E-state index in [1.54, 1.807) is 21.3 Å². The number of ether oxygens (including phenoxy) is 3. The number of thioether (sulfide) groups is 1. The molecule has 0 saturated heterocycles. The van der Waals surface area contributed by atoms with E-state index >= 15 is 0 Å². The molecular formula is C25H27NO3S. The first kappa shape index (κ1) is 20.5. The van der Waals surface area contributed by atoms with E-state index < -0.39 is 0 Å². The summed E-state index contributed by atoms with van der Waals surface area (Å²) in [5.74, 6) is 2.43. The van der Waals surface area contributed by atoms with E-state index in [4.69, 9.17) is 14.2 Å². The smallest absolute Gasteiger partial charge is 0.161 e. The number of fused-ring (bicyclic) bond motifs is 1. The van der Waals surface area contributed by atoms with Gasteiger partial charge in [0.05, 0.1) is 27.0 Å². The number of rotatable bonds is 6. The molecule has 0 aliphatic carbocycles. The van der Waals surface area contributed by atoms with Crippen LogP contribution in [-0.4, -0.2) is 27.9 Å². The first-order valence-electron chi connectivity index (χ1n) is 10.1. The van der Waals surface area contributed by atoms with Crippen molar-refractivity contribution in [1.82, 2.24) is 0 Å². The summed E-state index contributed by atoms with van der Waals surface area (Å²) in [4.78, 5) is 3.77. The number of para-hydroxylation sites is 1. The fourth-order valence-corrected chi connectivity index (χ4v) is 5.15. The van der Waals surface area contributed by atoms with Crippen LogP contribution in [0.3, 0.4) is 0 Å². The van der Waals surface area contributed by atoms with Gasteiger partial charge in [-0.1, -0.05) is 30.3 Å². The van der Waals surface area contributed by atoms with Crippen LogP contribution in [0.25, 0.3) is 0 Å². The molecule has 1 heterocycles. The third-order valence-corrected chi connectivity index (χ3v) is 6.81. The number of hydrogen-bond acceptors (Lipinski definition) is 5. The van der Waals surface area contributed by atoms with E-state index in [1.807, 2.05) is 23.9 Å². The average Bonchev–Trinajstić information content (AvgIpc) is 2.98. The fourth-order valence-electron chi connectivity index (χ4n) is 3.86. The largest absolute Gasteiger partial charge is 0.497 e. The van der Waals surface area contributed by atoms with E-state index in [0.717, 1.165) is 36.8 Å². The van der Waals surface area contributed by atoms with Gasteiger partial charge in [0.15, 0.2) is 11.5 Å². The molecule has 1 aliphatic heterocycles. The van der Waals surface area contributed by atoms with Crippen LogP contribution >= 0.6 is 11.8 Å². The Balaban J connectivity index is 1.61. The molecule has 1 atom stereocenters. The molecule has 0 amide bonds. The molecule has 4 nitrogen and oxygen atoms in total. The highest BCUT2D eigenvalue weighted by atomic mass is 32.2. The van der Waals surface area contributed by atoms with Crippen LogP contribution in [0.4, 0.5) is 5.69 Å². The van der Waals surface area contributed by atoms with Crippen molar-refractivity contribution in [2.45, 2.75) is 23.1 Å². The summed E-state index contributed by atoms with van der Waals surface area (Å²) in [6, 6.07) is 23.3. The van der Waals surface area contributed by atoms with Crippen molar-refractivity contribution in [3.63, 3.8) is 0 Å². The molecule has 5 heteroatoms. The highest BCUT2D eigenvalue weighted by Gasteiger charge is 2.24. The predicted octanol–water partition coefficient (Wildman–Crippen LogP) is 5.96. The molecular weight excluding hydrogens is 394 g/mol. The molecule has 0 radical (unpaired) electrons. The normalized spacial score (nSPS) is 15.8. The third-order valence-electron chi connectivity index (χ3n) is 5.42. The maximum absolute atomic E-state index is 5.50. The first-order valence-corrected chi connectivity index (χ1v) is 10.9. The molecule has 0 spiro atoms. The first-order chi connectivity index (χ1) is 14.7. The molecule has 0 fully saturated rings. The van der Waals surface area contributed by atoms with Crippen molar-refractivity contribution in [1.29, 1.82) is 0 Å². The van der Waals surface area contributed by atoms with Crippen LogP contribution in [-0.2, 0) is 6.54 Å². The molecule has 0 bridgehead atoms. The van der Waals surface area contributed by atoms with Crippen molar-refractivity contribution < 1.29 is 14.2 Å². The average molecular weight is 422 g/mol. The molecule has 0 saturated carbocycles. The Hall–Kier alpha value is -2.79. The molecule has 0 aromatic heterocycles. The predicted molar refractivity (Wildman–Crippen MR) is 123 cm³/mol. The summed E-state index contributed by atoms with van der Waals surface area (Å²) in [6.45, 7) is 1.79. The van der Waals surface area contributed by atoms with E-state index in [2.05, 4.69) is 59.5 Å². The Kier molecular flexibility index (Phi) is 6.38. The maximum atomic E-state index is 5.50. The van der Waals surface area contributed by atoms with Crippen LogP contribution in [0.1, 0.15) is 22.8 Å². The van der Waals surface area contributed by atoms with E-state index in [0.29, 0.717) is 5.25 Å². The van der Waals surface area contributed by atoms with Crippen LogP contribution in [0.5, 0.6) is 17.2 Å². The number of anilines is 1. The summed E-state index contributed by atoms with van der Waals surface area (Å²) >= 11 is 1.94. The zero-order chi connectivity index (χ0) is 20.9. The molecule has 1 unspecified atom stereocenters. The molecule has 156 valence electrons. The Morgan fingerprint density at radius 2 is 1.70 bits per heavy atom. The third kappa shape index (κ3) is 4.36. The van der Waals surface area contributed by atoms with Gasteiger partial charge >= 0.3 is 0 Å². The molecule has 30 heavy (non-hydrogen) atoms. The zero-order valence-electron chi connectivity index (χ0n) is 17.6. The Labute approximate surface area is 182 Å². The van der Waals surface area contributed by atoms with Crippen LogP contribution in [0, 0.1) is 0 Å². The summed E-state index contributed by atoms with van der Waals surface area (Å²) in [7, 11) is 5.07. The quantitative estimate of drug-likeness (QED) is 0.490. The highest BCUT2D eigenvalue weighted by Crippen LogP contribution is 2.46. The van der Waals surface area contributed by atoms with Crippen molar-refractivity contribution in [2.24, 2.45) is 0 Å². The lowest BCUT2D eigenvalue weighted by atomic mass is 10.1. The summed E-state index contributed by atoms with van der Waals surface area (Å²) in [6.07, 6.45) is 1.06. The van der Waals surface area contributed by atoms with Crippen LogP contribution in [0.2, 0.25) is 0 Å². The number of nitrogens with zero attached hydrogens (tertiary/aromatic N) is 1. The molecule has 4 rings (SSSR count). The van der Waals surface area contributed by atoms with E-state index in [-0.39, 0.29) is 0 Å². The Morgan fingerprint density at radius 3 is 2.50 bits per heavy atom. The lowest BCUT2D eigenvalue weighted by Crippen LogP contribution is -2.24. The minimum atomic E-state index is 0.386. The molecule has 0 N–H and O–H groups in total. The minimum Gasteiger partial charge on any atom is -0.497 e. The molecule has 3 aromatic carbocycles. The Morgan fingerprint density at radius 1 is 0.867 bits per heavy atom. The monoisotopic (exact) mass is 421 g/mol. The van der Waals surface area contributed by atoms with Gasteiger partial charge in [-0.2, -0.15) is 0 Å². The van der Waals surface area contributed by atoms with Gasteiger partial charge in [0.25, 0.3) is 0 Å². The summed E-state index contributed by atoms with van der Waals surface area (Å²) in [5.41, 5.74) is 3.79. The molecule has 3 aromatic rings. The van der Waals surface area contributed by atoms with Crippen LogP contribution < -0.4 is 19.1 Å². The van der Waals surface area contributed by atoms with Crippen molar-refractivity contribution in [3.8, 4) is 17.2 Å². The fraction of sp³-hybridized carbons (Fsp3) is 0.280. The van der Waals surface area contributed by atoms with Gasteiger partial charge in [-0.15, -0.1) is 11.8 Å². The number of methoxy groups -OCH3 is 3. The minimum absolute atomic E-state index is 0.386. The van der Waals surface area contributed by atoms with Gasteiger partial charge in [-0.25, -0.2) is 0 Å². The zero-order valence-corrected chi connectivity index (χ0v) is 18.4. The second-order valence-corrected chi connectivity index (χ2v) is 8.49. The van der Waals surface area contributed by atoms with Gasteiger partial charge in [0, 0.05) is 23.2 Å². The second-order valence-electron chi connectivity index (χ2n) is 7.25. The van der Waals surface area contributed by atoms with Gasteiger partial charge in [0.2, 0.25) is 0 Å². The van der Waals surface area contributed by atoms with Crippen molar-refractivity contribution >= 4 is 17.4 Å². The van der Waals surface area contributed by atoms with Crippen molar-refractivity contribution in [2.75, 3.05) is 32.8 Å². The summed E-state index contributed by atoms with van der Waals surface area (Å²) < 4.78 is 16.3. The van der Waals surface area contributed by atoms with Gasteiger partial charge in [-0.3, -0.25) is 0 Å². The number of benzene rings is 3. The van der Waals surface area contributed by atoms with Gasteiger partial charge in [0.1, 0.15) is 5.75 Å². The van der Waals surface area contributed by atoms with E-state index in [9.17, 15) is 0 Å². The Bertz CT molecular complexity index is 1010.